The largest absolute Gasteiger partial charge is 0.309 e. The summed E-state index contributed by atoms with van der Waals surface area (Å²) in [5.41, 5.74) is 2.28. The van der Waals surface area contributed by atoms with Gasteiger partial charge in [-0.1, -0.05) is 19.9 Å². The average molecular weight is 268 g/mol. The van der Waals surface area contributed by atoms with E-state index in [4.69, 9.17) is 0 Å². The summed E-state index contributed by atoms with van der Waals surface area (Å²) in [5.74, 6) is 0.497. The number of benzene rings is 1. The first-order chi connectivity index (χ1) is 8.49. The van der Waals surface area contributed by atoms with Crippen LogP contribution in [0.1, 0.15) is 31.4 Å². The smallest absolute Gasteiger partial charge is 0.240 e. The Morgan fingerprint density at radius 1 is 1.28 bits per heavy atom. The van der Waals surface area contributed by atoms with Gasteiger partial charge in [0.25, 0.3) is 0 Å². The van der Waals surface area contributed by atoms with Crippen LogP contribution in [0.15, 0.2) is 23.1 Å². The third-order valence-corrected chi connectivity index (χ3v) is 4.59. The van der Waals surface area contributed by atoms with Gasteiger partial charge in [-0.05, 0) is 35.6 Å². The molecule has 100 valence electrons. The number of hydrogen-bond acceptors (Lipinski definition) is 3. The predicted octanol–water partition coefficient (Wildman–Crippen LogP) is 1.61. The number of nitrogens with one attached hydrogen (secondary N) is 2. The Morgan fingerprint density at radius 2 is 2.00 bits per heavy atom. The molecule has 0 fully saturated rings. The Morgan fingerprint density at radius 3 is 2.72 bits per heavy atom. The van der Waals surface area contributed by atoms with Crippen LogP contribution >= 0.6 is 0 Å². The van der Waals surface area contributed by atoms with Gasteiger partial charge in [-0.15, -0.1) is 0 Å². The van der Waals surface area contributed by atoms with Gasteiger partial charge < -0.3 is 5.32 Å². The molecule has 0 atom stereocenters. The molecule has 0 aromatic heterocycles. The minimum absolute atomic E-state index is 0.369. The van der Waals surface area contributed by atoms with Gasteiger partial charge in [-0.25, -0.2) is 13.1 Å². The van der Waals surface area contributed by atoms with E-state index in [0.717, 1.165) is 25.1 Å². The van der Waals surface area contributed by atoms with Crippen molar-refractivity contribution in [2.75, 3.05) is 6.54 Å². The van der Waals surface area contributed by atoms with E-state index in [-0.39, 0.29) is 0 Å². The predicted molar refractivity (Wildman–Crippen MR) is 71.6 cm³/mol. The summed E-state index contributed by atoms with van der Waals surface area (Å²) < 4.78 is 26.8. The quantitative estimate of drug-likeness (QED) is 0.853. The maximum atomic E-state index is 12.1. The van der Waals surface area contributed by atoms with E-state index in [2.05, 4.69) is 23.9 Å². The van der Waals surface area contributed by atoms with Crippen LogP contribution in [0.25, 0.3) is 0 Å². The molecule has 1 aliphatic rings. The zero-order valence-corrected chi connectivity index (χ0v) is 11.7. The normalized spacial score (nSPS) is 15.1. The lowest BCUT2D eigenvalue weighted by atomic mass is 10.1. The molecule has 0 saturated carbocycles. The van der Waals surface area contributed by atoms with Crippen molar-refractivity contribution in [1.82, 2.24) is 10.0 Å². The average Bonchev–Trinajstić information content (AvgIpc) is 2.74. The molecule has 1 aromatic carbocycles. The summed E-state index contributed by atoms with van der Waals surface area (Å²) in [4.78, 5) is 0.369. The highest BCUT2D eigenvalue weighted by Crippen LogP contribution is 2.19. The second-order valence-electron chi connectivity index (χ2n) is 5.11. The lowest BCUT2D eigenvalue weighted by Crippen LogP contribution is -2.25. The third-order valence-electron chi connectivity index (χ3n) is 3.13. The van der Waals surface area contributed by atoms with Crippen molar-refractivity contribution >= 4 is 10.0 Å². The monoisotopic (exact) mass is 268 g/mol. The van der Waals surface area contributed by atoms with Crippen molar-refractivity contribution < 1.29 is 8.42 Å². The van der Waals surface area contributed by atoms with E-state index in [1.807, 2.05) is 6.07 Å². The first-order valence-corrected chi connectivity index (χ1v) is 7.79. The second-order valence-corrected chi connectivity index (χ2v) is 6.88. The van der Waals surface area contributed by atoms with Crippen LogP contribution in [0.2, 0.25) is 0 Å². The standard InChI is InChI=1S/C13H20N2O2S/c1-10(2)5-6-15-18(16,17)13-4-3-11-8-14-9-12(11)7-13/h3-4,7,10,14-15H,5-6,8-9H2,1-2H3. The number of fused-ring (bicyclic) bond motifs is 1. The van der Waals surface area contributed by atoms with E-state index in [0.29, 0.717) is 17.4 Å². The van der Waals surface area contributed by atoms with Gasteiger partial charge in [-0.2, -0.15) is 0 Å². The minimum atomic E-state index is -3.36. The van der Waals surface area contributed by atoms with E-state index in [1.165, 1.54) is 5.56 Å². The Bertz CT molecular complexity index is 524. The van der Waals surface area contributed by atoms with Crippen molar-refractivity contribution in [3.05, 3.63) is 29.3 Å². The number of hydrogen-bond donors (Lipinski definition) is 2. The summed E-state index contributed by atoms with van der Waals surface area (Å²) >= 11 is 0. The Balaban J connectivity index is 2.10. The van der Waals surface area contributed by atoms with Gasteiger partial charge in [-0.3, -0.25) is 0 Å². The molecule has 2 rings (SSSR count). The fraction of sp³-hybridized carbons (Fsp3) is 0.538. The van der Waals surface area contributed by atoms with Crippen LogP contribution in [0, 0.1) is 5.92 Å². The summed E-state index contributed by atoms with van der Waals surface area (Å²) in [7, 11) is -3.36. The molecule has 1 heterocycles. The molecule has 18 heavy (non-hydrogen) atoms. The van der Waals surface area contributed by atoms with Gasteiger partial charge in [0, 0.05) is 19.6 Å². The summed E-state index contributed by atoms with van der Waals surface area (Å²) in [6, 6.07) is 5.35. The molecule has 0 amide bonds. The zero-order valence-electron chi connectivity index (χ0n) is 10.9. The SMILES string of the molecule is CC(C)CCNS(=O)(=O)c1ccc2c(c1)CNC2. The van der Waals surface area contributed by atoms with Crippen LogP contribution in [0.4, 0.5) is 0 Å². The van der Waals surface area contributed by atoms with E-state index in [1.54, 1.807) is 12.1 Å². The van der Waals surface area contributed by atoms with E-state index >= 15 is 0 Å². The summed E-state index contributed by atoms with van der Waals surface area (Å²) in [5, 5.41) is 3.21. The van der Waals surface area contributed by atoms with Crippen LogP contribution in [-0.2, 0) is 23.1 Å². The molecule has 1 aliphatic heterocycles. The van der Waals surface area contributed by atoms with Crippen LogP contribution in [-0.4, -0.2) is 15.0 Å². The second kappa shape index (κ2) is 5.38. The molecule has 0 spiro atoms. The van der Waals surface area contributed by atoms with Gasteiger partial charge in [0.15, 0.2) is 0 Å². The van der Waals surface area contributed by atoms with Crippen molar-refractivity contribution in [1.29, 1.82) is 0 Å². The third kappa shape index (κ3) is 3.10. The lowest BCUT2D eigenvalue weighted by molar-refractivity contribution is 0.551. The maximum Gasteiger partial charge on any atom is 0.240 e. The molecule has 0 saturated heterocycles. The van der Waals surface area contributed by atoms with Crippen LogP contribution in [0.5, 0.6) is 0 Å². The summed E-state index contributed by atoms with van der Waals surface area (Å²) in [6.07, 6.45) is 0.853. The Labute approximate surface area is 109 Å². The van der Waals surface area contributed by atoms with Crippen LogP contribution < -0.4 is 10.0 Å². The van der Waals surface area contributed by atoms with E-state index < -0.39 is 10.0 Å². The molecule has 0 radical (unpaired) electrons. The van der Waals surface area contributed by atoms with Gasteiger partial charge in [0.05, 0.1) is 4.90 Å². The molecule has 2 N–H and O–H groups in total. The zero-order chi connectivity index (χ0) is 13.2. The molecule has 1 aromatic rings. The molecular weight excluding hydrogens is 248 g/mol. The molecule has 5 heteroatoms. The minimum Gasteiger partial charge on any atom is -0.309 e. The van der Waals surface area contributed by atoms with Crippen molar-refractivity contribution in [3.63, 3.8) is 0 Å². The van der Waals surface area contributed by atoms with Gasteiger partial charge in [0.1, 0.15) is 0 Å². The van der Waals surface area contributed by atoms with Crippen molar-refractivity contribution in [3.8, 4) is 0 Å². The molecule has 0 unspecified atom stereocenters. The first kappa shape index (κ1) is 13.5. The van der Waals surface area contributed by atoms with Crippen molar-refractivity contribution in [2.24, 2.45) is 5.92 Å². The lowest BCUT2D eigenvalue weighted by Gasteiger charge is -2.09. The molecule has 0 bridgehead atoms. The Kier molecular flexibility index (Phi) is 4.04. The highest BCUT2D eigenvalue weighted by molar-refractivity contribution is 7.89. The van der Waals surface area contributed by atoms with Gasteiger partial charge in [0.2, 0.25) is 10.0 Å². The van der Waals surface area contributed by atoms with Crippen LogP contribution in [0.3, 0.4) is 0 Å². The topological polar surface area (TPSA) is 58.2 Å². The Hall–Kier alpha value is -0.910. The molecule has 0 aliphatic carbocycles. The maximum absolute atomic E-state index is 12.1. The highest BCUT2D eigenvalue weighted by Gasteiger charge is 2.17. The first-order valence-electron chi connectivity index (χ1n) is 6.31. The van der Waals surface area contributed by atoms with Gasteiger partial charge >= 0.3 is 0 Å². The molecule has 4 nitrogen and oxygen atoms in total. The number of rotatable bonds is 5. The summed E-state index contributed by atoms with van der Waals surface area (Å²) in [6.45, 7) is 6.24. The fourth-order valence-corrected chi connectivity index (χ4v) is 3.10. The highest BCUT2D eigenvalue weighted by atomic mass is 32.2. The van der Waals surface area contributed by atoms with E-state index in [9.17, 15) is 8.42 Å². The fourth-order valence-electron chi connectivity index (χ4n) is 2.00. The number of sulfonamides is 1. The van der Waals surface area contributed by atoms with Crippen molar-refractivity contribution in [2.45, 2.75) is 38.3 Å². The molecular formula is C13H20N2O2S.